The predicted molar refractivity (Wildman–Crippen MR) is 102 cm³/mol. The van der Waals surface area contributed by atoms with Gasteiger partial charge in [-0.15, -0.1) is 11.3 Å². The van der Waals surface area contributed by atoms with E-state index in [4.69, 9.17) is 0 Å². The third-order valence-electron chi connectivity index (χ3n) is 5.01. The number of hydrogen-bond donors (Lipinski definition) is 1. The normalized spacial score (nSPS) is 16.9. The van der Waals surface area contributed by atoms with Crippen LogP contribution >= 0.6 is 27.3 Å². The zero-order valence-electron chi connectivity index (χ0n) is 14.6. The molecule has 1 aliphatic heterocycles. The summed E-state index contributed by atoms with van der Waals surface area (Å²) in [4.78, 5) is 19.1. The maximum Gasteiger partial charge on any atom is 0.255 e. The molecule has 0 bridgehead atoms. The van der Waals surface area contributed by atoms with Crippen LogP contribution in [-0.2, 0) is 18.7 Å². The summed E-state index contributed by atoms with van der Waals surface area (Å²) < 4.78 is 30.3. The van der Waals surface area contributed by atoms with Crippen molar-refractivity contribution in [3.8, 4) is 0 Å². The number of hydrogen-bond acceptors (Lipinski definition) is 5. The molecule has 1 amide bonds. The first-order chi connectivity index (χ1) is 13.3. The summed E-state index contributed by atoms with van der Waals surface area (Å²) in [6.45, 7) is 1.79. The molecule has 0 saturated carbocycles. The molecule has 6 nitrogen and oxygen atoms in total. The van der Waals surface area contributed by atoms with Gasteiger partial charge < -0.3 is 10.0 Å². The molecular weight excluding hydrogens is 454 g/mol. The molecule has 2 aromatic heterocycles. The van der Waals surface area contributed by atoms with Crippen molar-refractivity contribution in [1.29, 1.82) is 0 Å². The molecule has 1 N–H and O–H groups in total. The number of carbonyl (C=O) groups excluding carboxylic acids is 1. The fourth-order valence-corrected chi connectivity index (χ4v) is 5.18. The maximum atomic E-state index is 14.6. The fraction of sp³-hybridized carbons (Fsp3) is 0.278. The monoisotopic (exact) mass is 468 g/mol. The Morgan fingerprint density at radius 2 is 2.18 bits per heavy atom. The van der Waals surface area contributed by atoms with Crippen LogP contribution in [0.15, 0.2) is 40.7 Å². The van der Waals surface area contributed by atoms with E-state index in [0.29, 0.717) is 18.2 Å². The van der Waals surface area contributed by atoms with Crippen molar-refractivity contribution < 1.29 is 18.7 Å². The van der Waals surface area contributed by atoms with E-state index in [1.165, 1.54) is 39.6 Å². The average Bonchev–Trinajstić information content (AvgIpc) is 3.33. The Hall–Kier alpha value is -2.17. The van der Waals surface area contributed by atoms with E-state index in [1.54, 1.807) is 13.0 Å². The van der Waals surface area contributed by atoms with Crippen molar-refractivity contribution >= 4 is 33.2 Å². The molecule has 1 aliphatic rings. The molecule has 28 heavy (non-hydrogen) atoms. The minimum absolute atomic E-state index is 0.110. The summed E-state index contributed by atoms with van der Waals surface area (Å²) >= 11 is 4.81. The van der Waals surface area contributed by atoms with Crippen LogP contribution in [0.1, 0.15) is 27.7 Å². The van der Waals surface area contributed by atoms with Crippen molar-refractivity contribution in [3.63, 3.8) is 0 Å². The van der Waals surface area contributed by atoms with E-state index in [0.717, 1.165) is 14.7 Å². The van der Waals surface area contributed by atoms with Crippen LogP contribution in [0.2, 0.25) is 0 Å². The molecule has 4 rings (SSSR count). The van der Waals surface area contributed by atoms with Gasteiger partial charge in [-0.1, -0.05) is 6.07 Å². The molecule has 0 spiro atoms. The summed E-state index contributed by atoms with van der Waals surface area (Å²) in [5.74, 6) is -1.89. The van der Waals surface area contributed by atoms with Crippen LogP contribution < -0.4 is 0 Å². The van der Waals surface area contributed by atoms with E-state index >= 15 is 0 Å². The lowest BCUT2D eigenvalue weighted by Crippen LogP contribution is -2.52. The van der Waals surface area contributed by atoms with Crippen LogP contribution in [0.3, 0.4) is 0 Å². The lowest BCUT2D eigenvalue weighted by Gasteiger charge is -2.39. The lowest BCUT2D eigenvalue weighted by atomic mass is 9.85. The Labute approximate surface area is 171 Å². The number of nitrogens with zero attached hydrogens (tertiary/aromatic N) is 4. The van der Waals surface area contributed by atoms with Crippen molar-refractivity contribution in [2.24, 2.45) is 0 Å². The first-order valence-corrected chi connectivity index (χ1v) is 10.00. The Bertz CT molecular complexity index is 1040. The summed E-state index contributed by atoms with van der Waals surface area (Å²) in [5, 5.41) is 15.6. The molecule has 2 atom stereocenters. The summed E-state index contributed by atoms with van der Waals surface area (Å²) in [7, 11) is 0. The smallest absolute Gasteiger partial charge is 0.255 e. The number of rotatable bonds is 5. The first kappa shape index (κ1) is 19.2. The Balaban J connectivity index is 1.75. The number of aromatic nitrogens is 3. The quantitative estimate of drug-likeness (QED) is 0.623. The van der Waals surface area contributed by atoms with Gasteiger partial charge in [-0.2, -0.15) is 5.10 Å². The SMILES string of the molecule is C[C@@H](N1Cc2sc(Br)cc2C1=O)[C@](O)(Cn1cncn1)c1ccc(F)cc1F. The Kier molecular flexibility index (Phi) is 4.80. The summed E-state index contributed by atoms with van der Waals surface area (Å²) in [6, 6.07) is 3.92. The molecule has 1 aromatic carbocycles. The average molecular weight is 469 g/mol. The first-order valence-electron chi connectivity index (χ1n) is 8.39. The fourth-order valence-electron chi connectivity index (χ4n) is 3.49. The van der Waals surface area contributed by atoms with Crippen molar-refractivity contribution in [2.75, 3.05) is 0 Å². The van der Waals surface area contributed by atoms with Crippen LogP contribution in [0, 0.1) is 11.6 Å². The number of halogens is 3. The molecule has 0 saturated heterocycles. The van der Waals surface area contributed by atoms with Gasteiger partial charge in [0, 0.05) is 16.5 Å². The summed E-state index contributed by atoms with van der Waals surface area (Å²) in [6.07, 6.45) is 2.68. The number of aliphatic hydroxyl groups is 1. The molecule has 146 valence electrons. The largest absolute Gasteiger partial charge is 0.381 e. The number of carbonyl (C=O) groups is 1. The molecular formula is C18H15BrF2N4O2S. The standard InChI is InChI=1S/C18H15BrF2N4O2S/c1-10(25-6-15-12(17(25)26)5-16(19)28-15)18(27,7-24-9-22-8-23-24)13-3-2-11(20)4-14(13)21/h2-5,8-10,27H,6-7H2,1H3/t10-,18-/m1/s1. The van der Waals surface area contributed by atoms with Gasteiger partial charge in [0.05, 0.1) is 28.5 Å². The van der Waals surface area contributed by atoms with Crippen LogP contribution in [-0.4, -0.2) is 36.7 Å². The molecule has 3 heterocycles. The highest BCUT2D eigenvalue weighted by Gasteiger charge is 2.46. The van der Waals surface area contributed by atoms with E-state index < -0.39 is 23.3 Å². The molecule has 0 unspecified atom stereocenters. The molecule has 0 aliphatic carbocycles. The van der Waals surface area contributed by atoms with Crippen LogP contribution in [0.5, 0.6) is 0 Å². The maximum absolute atomic E-state index is 14.6. The van der Waals surface area contributed by atoms with Crippen LogP contribution in [0.4, 0.5) is 8.78 Å². The van der Waals surface area contributed by atoms with E-state index in [1.807, 2.05) is 0 Å². The summed E-state index contributed by atoms with van der Waals surface area (Å²) in [5.41, 5.74) is -1.40. The van der Waals surface area contributed by atoms with Crippen molar-refractivity contribution in [2.45, 2.75) is 31.7 Å². The van der Waals surface area contributed by atoms with E-state index in [-0.39, 0.29) is 18.0 Å². The van der Waals surface area contributed by atoms with Gasteiger partial charge in [-0.05, 0) is 35.0 Å². The van der Waals surface area contributed by atoms with Crippen molar-refractivity contribution in [3.05, 3.63) is 68.3 Å². The molecule has 3 aromatic rings. The van der Waals surface area contributed by atoms with Gasteiger partial charge in [0.25, 0.3) is 5.91 Å². The molecule has 0 fully saturated rings. The highest BCUT2D eigenvalue weighted by atomic mass is 79.9. The van der Waals surface area contributed by atoms with Gasteiger partial charge in [-0.25, -0.2) is 18.4 Å². The highest BCUT2D eigenvalue weighted by molar-refractivity contribution is 9.11. The van der Waals surface area contributed by atoms with Gasteiger partial charge in [0.2, 0.25) is 0 Å². The minimum Gasteiger partial charge on any atom is -0.381 e. The molecule has 0 radical (unpaired) electrons. The van der Waals surface area contributed by atoms with E-state index in [2.05, 4.69) is 26.0 Å². The second-order valence-electron chi connectivity index (χ2n) is 6.64. The van der Waals surface area contributed by atoms with Gasteiger partial charge in [0.1, 0.15) is 29.9 Å². The number of amides is 1. The number of fused-ring (bicyclic) bond motifs is 1. The second-order valence-corrected chi connectivity index (χ2v) is 9.15. The van der Waals surface area contributed by atoms with Gasteiger partial charge in [0.15, 0.2) is 0 Å². The second kappa shape index (κ2) is 7.02. The topological polar surface area (TPSA) is 71.2 Å². The van der Waals surface area contributed by atoms with Crippen molar-refractivity contribution in [1.82, 2.24) is 19.7 Å². The highest BCUT2D eigenvalue weighted by Crippen LogP contribution is 2.39. The number of benzene rings is 1. The number of thiophene rings is 1. The Morgan fingerprint density at radius 3 is 2.82 bits per heavy atom. The van der Waals surface area contributed by atoms with Gasteiger partial charge in [-0.3, -0.25) is 4.79 Å². The lowest BCUT2D eigenvalue weighted by molar-refractivity contribution is -0.0555. The zero-order chi connectivity index (χ0) is 20.1. The minimum atomic E-state index is -1.85. The third kappa shape index (κ3) is 3.15. The third-order valence-corrected chi connectivity index (χ3v) is 6.63. The zero-order valence-corrected chi connectivity index (χ0v) is 17.0. The van der Waals surface area contributed by atoms with Crippen LogP contribution in [0.25, 0.3) is 0 Å². The van der Waals surface area contributed by atoms with Gasteiger partial charge >= 0.3 is 0 Å². The van der Waals surface area contributed by atoms with E-state index in [9.17, 15) is 18.7 Å². The Morgan fingerprint density at radius 1 is 1.39 bits per heavy atom. The molecule has 10 heteroatoms. The predicted octanol–water partition coefficient (Wildman–Crippen LogP) is 3.31.